The van der Waals surface area contributed by atoms with Gasteiger partial charge in [0.25, 0.3) is 0 Å². The fourth-order valence-electron chi connectivity index (χ4n) is 3.44. The Hall–Kier alpha value is -2.56. The minimum Gasteiger partial charge on any atom is -0.412 e. The van der Waals surface area contributed by atoms with E-state index in [9.17, 15) is 13.2 Å². The molecule has 1 aliphatic rings. The van der Waals surface area contributed by atoms with Crippen molar-refractivity contribution in [2.24, 2.45) is 0 Å². The van der Waals surface area contributed by atoms with Crippen LogP contribution in [0.1, 0.15) is 41.9 Å². The molecule has 1 aliphatic heterocycles. The summed E-state index contributed by atoms with van der Waals surface area (Å²) in [6.45, 7) is 1.72. The number of likely N-dealkylation sites (tertiary alicyclic amines) is 1. The van der Waals surface area contributed by atoms with E-state index in [-0.39, 0.29) is 21.9 Å². The van der Waals surface area contributed by atoms with E-state index < -0.39 is 10.0 Å². The van der Waals surface area contributed by atoms with Crippen LogP contribution in [0.2, 0.25) is 0 Å². The van der Waals surface area contributed by atoms with Crippen LogP contribution in [0.3, 0.4) is 0 Å². The van der Waals surface area contributed by atoms with Crippen molar-refractivity contribution in [2.45, 2.75) is 36.3 Å². The predicted octanol–water partition coefficient (Wildman–Crippen LogP) is 3.34. The fourth-order valence-corrected chi connectivity index (χ4v) is 5.72. The Morgan fingerprint density at radius 3 is 2.68 bits per heavy atom. The van der Waals surface area contributed by atoms with Gasteiger partial charge in [-0.25, -0.2) is 13.1 Å². The minimum absolute atomic E-state index is 0.0634. The van der Waals surface area contributed by atoms with Crippen LogP contribution >= 0.6 is 11.3 Å². The number of sulfonamides is 1. The van der Waals surface area contributed by atoms with Gasteiger partial charge in [-0.3, -0.25) is 4.79 Å². The Balaban J connectivity index is 1.36. The van der Waals surface area contributed by atoms with E-state index in [4.69, 9.17) is 4.42 Å². The molecule has 10 heteroatoms. The van der Waals surface area contributed by atoms with Crippen molar-refractivity contribution in [3.05, 3.63) is 53.2 Å². The Kier molecular flexibility index (Phi) is 6.79. The minimum atomic E-state index is -3.63. The summed E-state index contributed by atoms with van der Waals surface area (Å²) in [4.78, 5) is 14.2. The van der Waals surface area contributed by atoms with Crippen molar-refractivity contribution < 1.29 is 17.6 Å². The maximum absolute atomic E-state index is 12.6. The van der Waals surface area contributed by atoms with Gasteiger partial charge in [0.2, 0.25) is 15.9 Å². The topological polar surface area (TPSA) is 105 Å². The van der Waals surface area contributed by atoms with Gasteiger partial charge in [-0.1, -0.05) is 30.3 Å². The molecule has 0 aliphatic carbocycles. The number of benzene rings is 1. The lowest BCUT2D eigenvalue weighted by molar-refractivity contribution is 0.0684. The molecular weight excluding hydrogens is 436 g/mol. The molecule has 0 atom stereocenters. The number of nitrogens with zero attached hydrogens (tertiary/aromatic N) is 3. The molecule has 0 unspecified atom stereocenters. The van der Waals surface area contributed by atoms with E-state index in [2.05, 4.69) is 14.9 Å². The third kappa shape index (κ3) is 5.38. The zero-order valence-electron chi connectivity index (χ0n) is 17.0. The number of nitrogens with one attached hydrogen (secondary N) is 1. The monoisotopic (exact) mass is 460 g/mol. The summed E-state index contributed by atoms with van der Waals surface area (Å²) in [5.74, 6) is -0.199. The maximum Gasteiger partial charge on any atom is 0.311 e. The number of aryl methyl sites for hydroxylation is 1. The van der Waals surface area contributed by atoms with Gasteiger partial charge in [0.05, 0.1) is 5.56 Å². The van der Waals surface area contributed by atoms with Crippen molar-refractivity contribution in [2.75, 3.05) is 19.6 Å². The van der Waals surface area contributed by atoms with Crippen LogP contribution in [-0.4, -0.2) is 49.1 Å². The van der Waals surface area contributed by atoms with E-state index in [1.54, 1.807) is 10.3 Å². The second-order valence-corrected chi connectivity index (χ2v) is 10.3. The van der Waals surface area contributed by atoms with Gasteiger partial charge in [-0.05, 0) is 43.7 Å². The Labute approximate surface area is 185 Å². The molecule has 0 radical (unpaired) electrons. The molecule has 31 heavy (non-hydrogen) atoms. The molecule has 164 valence electrons. The third-order valence-electron chi connectivity index (χ3n) is 5.12. The molecule has 1 amide bonds. The number of amides is 1. The van der Waals surface area contributed by atoms with Crippen LogP contribution in [0.15, 0.2) is 50.4 Å². The van der Waals surface area contributed by atoms with Crippen molar-refractivity contribution in [3.63, 3.8) is 0 Å². The third-order valence-corrected chi connectivity index (χ3v) is 8.02. The highest BCUT2D eigenvalue weighted by Gasteiger charge is 2.25. The quantitative estimate of drug-likeness (QED) is 0.517. The summed E-state index contributed by atoms with van der Waals surface area (Å²) in [7, 11) is -3.63. The Morgan fingerprint density at radius 1 is 1.13 bits per heavy atom. The fraction of sp³-hybridized carbons (Fsp3) is 0.381. The van der Waals surface area contributed by atoms with Gasteiger partial charge in [-0.15, -0.1) is 21.5 Å². The van der Waals surface area contributed by atoms with E-state index in [0.717, 1.165) is 37.0 Å². The number of rotatable bonds is 8. The van der Waals surface area contributed by atoms with Gasteiger partial charge in [-0.2, -0.15) is 0 Å². The first kappa shape index (κ1) is 21.7. The van der Waals surface area contributed by atoms with Crippen molar-refractivity contribution in [1.29, 1.82) is 0 Å². The predicted molar refractivity (Wildman–Crippen MR) is 117 cm³/mol. The second-order valence-electron chi connectivity index (χ2n) is 7.41. The van der Waals surface area contributed by atoms with Crippen molar-refractivity contribution >= 4 is 27.3 Å². The molecule has 1 saturated heterocycles. The van der Waals surface area contributed by atoms with E-state index in [1.165, 1.54) is 11.6 Å². The number of hydrogen-bond donors (Lipinski definition) is 1. The molecule has 2 aromatic heterocycles. The van der Waals surface area contributed by atoms with Crippen molar-refractivity contribution in [1.82, 2.24) is 19.8 Å². The highest BCUT2D eigenvalue weighted by Crippen LogP contribution is 2.28. The standard InChI is InChI=1S/C21H24N4O4S2/c26-21(25-12-5-2-6-13-25)20-24-23-19(29-20)17-14-18(30-15-17)31(27,28)22-11-7-10-16-8-3-1-4-9-16/h1,3-4,8-9,14-15,22H,2,5-7,10-13H2. The lowest BCUT2D eigenvalue weighted by Crippen LogP contribution is -2.35. The first-order chi connectivity index (χ1) is 15.0. The van der Waals surface area contributed by atoms with Crippen LogP contribution in [0.25, 0.3) is 11.5 Å². The average molecular weight is 461 g/mol. The summed E-state index contributed by atoms with van der Waals surface area (Å²) < 4.78 is 33.5. The first-order valence-corrected chi connectivity index (χ1v) is 12.6. The number of aromatic nitrogens is 2. The SMILES string of the molecule is O=C(c1nnc(-c2csc(S(=O)(=O)NCCCc3ccccc3)c2)o1)N1CCCCC1. The molecule has 0 bridgehead atoms. The average Bonchev–Trinajstić information content (AvgIpc) is 3.48. The summed E-state index contributed by atoms with van der Waals surface area (Å²) in [6, 6.07) is 11.4. The summed E-state index contributed by atoms with van der Waals surface area (Å²) in [5.41, 5.74) is 1.66. The number of thiophene rings is 1. The molecule has 3 aromatic rings. The lowest BCUT2D eigenvalue weighted by atomic mass is 10.1. The molecule has 3 heterocycles. The number of piperidine rings is 1. The first-order valence-electron chi connectivity index (χ1n) is 10.3. The number of carbonyl (C=O) groups excluding carboxylic acids is 1. The largest absolute Gasteiger partial charge is 0.412 e. The molecule has 8 nitrogen and oxygen atoms in total. The highest BCUT2D eigenvalue weighted by molar-refractivity contribution is 7.91. The van der Waals surface area contributed by atoms with Crippen LogP contribution in [0.4, 0.5) is 0 Å². The summed E-state index contributed by atoms with van der Waals surface area (Å²) >= 11 is 1.08. The van der Waals surface area contributed by atoms with Crippen LogP contribution in [0.5, 0.6) is 0 Å². The van der Waals surface area contributed by atoms with Gasteiger partial charge in [0.15, 0.2) is 0 Å². The Morgan fingerprint density at radius 2 is 1.90 bits per heavy atom. The van der Waals surface area contributed by atoms with Crippen LogP contribution in [-0.2, 0) is 16.4 Å². The number of hydrogen-bond acceptors (Lipinski definition) is 7. The van der Waals surface area contributed by atoms with Crippen LogP contribution in [0, 0.1) is 0 Å². The van der Waals surface area contributed by atoms with Gasteiger partial charge in [0, 0.05) is 25.0 Å². The molecular formula is C21H24N4O4S2. The molecule has 0 saturated carbocycles. The van der Waals surface area contributed by atoms with E-state index >= 15 is 0 Å². The number of carbonyl (C=O) groups is 1. The van der Waals surface area contributed by atoms with E-state index in [1.807, 2.05) is 30.3 Å². The molecule has 0 spiro atoms. The van der Waals surface area contributed by atoms with Crippen LogP contribution < -0.4 is 4.72 Å². The van der Waals surface area contributed by atoms with E-state index in [0.29, 0.717) is 31.6 Å². The van der Waals surface area contributed by atoms with Crippen molar-refractivity contribution in [3.8, 4) is 11.5 Å². The van der Waals surface area contributed by atoms with Gasteiger partial charge < -0.3 is 9.32 Å². The van der Waals surface area contributed by atoms with Gasteiger partial charge in [0.1, 0.15) is 4.21 Å². The lowest BCUT2D eigenvalue weighted by Gasteiger charge is -2.24. The zero-order valence-corrected chi connectivity index (χ0v) is 18.6. The molecule has 4 rings (SSSR count). The summed E-state index contributed by atoms with van der Waals surface area (Å²) in [5, 5.41) is 9.43. The molecule has 1 N–H and O–H groups in total. The highest BCUT2D eigenvalue weighted by atomic mass is 32.2. The summed E-state index contributed by atoms with van der Waals surface area (Å²) in [6.07, 6.45) is 4.56. The maximum atomic E-state index is 12.6. The smallest absolute Gasteiger partial charge is 0.311 e. The Bertz CT molecular complexity index is 1120. The zero-order chi connectivity index (χ0) is 21.7. The molecule has 1 aromatic carbocycles. The normalized spacial score (nSPS) is 14.6. The molecule has 1 fully saturated rings. The second kappa shape index (κ2) is 9.71. The van der Waals surface area contributed by atoms with Gasteiger partial charge >= 0.3 is 11.8 Å².